The Balaban J connectivity index is 0.000000953. The molecule has 3 aromatic rings. The molecule has 32 heavy (non-hydrogen) atoms. The molecule has 0 bridgehead atoms. The van der Waals surface area contributed by atoms with Crippen LogP contribution in [0.1, 0.15) is 54.2 Å². The monoisotopic (exact) mass is 434 g/mol. The smallest absolute Gasteiger partial charge is 0.340 e. The number of rotatable bonds is 0. The number of aliphatic hydroxyl groups is 1. The zero-order chi connectivity index (χ0) is 22.1. The molecule has 1 aromatic carbocycles. The molecule has 8 nitrogen and oxygen atoms in total. The maximum absolute atomic E-state index is 13.2. The molecule has 0 saturated carbocycles. The molecule has 2 aromatic heterocycles. The third-order valence-corrected chi connectivity index (χ3v) is 6.65. The Morgan fingerprint density at radius 3 is 2.69 bits per heavy atom. The van der Waals surface area contributed by atoms with Gasteiger partial charge in [0.2, 0.25) is 6.79 Å². The van der Waals surface area contributed by atoms with E-state index in [2.05, 4.69) is 0 Å². The number of aliphatic hydroxyl groups excluding tert-OH is 1. The summed E-state index contributed by atoms with van der Waals surface area (Å²) in [5.41, 5.74) is 5.95. The van der Waals surface area contributed by atoms with Crippen molar-refractivity contribution in [2.45, 2.75) is 52.4 Å². The second kappa shape index (κ2) is 6.80. The fraction of sp³-hybridized carbons (Fsp3) is 0.375. The number of esters is 1. The Morgan fingerprint density at radius 1 is 1.03 bits per heavy atom. The van der Waals surface area contributed by atoms with Crippen LogP contribution in [-0.2, 0) is 35.5 Å². The van der Waals surface area contributed by atoms with Gasteiger partial charge >= 0.3 is 5.97 Å². The lowest BCUT2D eigenvalue weighted by Gasteiger charge is -2.21. The highest BCUT2D eigenvalue weighted by Crippen LogP contribution is 2.47. The number of carbonyl (C=O) groups is 1. The van der Waals surface area contributed by atoms with Crippen LogP contribution in [0.5, 0.6) is 11.5 Å². The number of pyridine rings is 2. The number of ether oxygens (including phenoxy) is 3. The Kier molecular flexibility index (Phi) is 4.10. The molecule has 3 aliphatic heterocycles. The lowest BCUT2D eigenvalue weighted by molar-refractivity contribution is -0.157. The fourth-order valence-corrected chi connectivity index (χ4v) is 5.30. The zero-order valence-corrected chi connectivity index (χ0v) is 17.9. The molecule has 1 aliphatic carbocycles. The van der Waals surface area contributed by atoms with Gasteiger partial charge in [-0.05, 0) is 30.9 Å². The molecule has 1 N–H and O–H groups in total. The number of benzene rings is 1. The van der Waals surface area contributed by atoms with Gasteiger partial charge in [0.1, 0.15) is 6.61 Å². The van der Waals surface area contributed by atoms with Crippen LogP contribution >= 0.6 is 0 Å². The van der Waals surface area contributed by atoms with Crippen LogP contribution in [0.3, 0.4) is 0 Å². The van der Waals surface area contributed by atoms with Crippen molar-refractivity contribution in [1.29, 1.82) is 0 Å². The molecule has 0 radical (unpaired) electrons. The molecule has 5 heterocycles. The van der Waals surface area contributed by atoms with E-state index in [0.29, 0.717) is 29.1 Å². The van der Waals surface area contributed by atoms with Crippen molar-refractivity contribution < 1.29 is 24.1 Å². The van der Waals surface area contributed by atoms with Gasteiger partial charge in [0.25, 0.3) is 5.56 Å². The van der Waals surface area contributed by atoms with E-state index in [4.69, 9.17) is 19.2 Å². The van der Waals surface area contributed by atoms with Crippen molar-refractivity contribution in [2.24, 2.45) is 0 Å². The first kappa shape index (κ1) is 19.3. The number of aromatic nitrogens is 2. The zero-order valence-electron chi connectivity index (χ0n) is 17.9. The van der Waals surface area contributed by atoms with Crippen LogP contribution in [-0.4, -0.2) is 27.4 Å². The first-order valence-electron chi connectivity index (χ1n) is 11.0. The first-order chi connectivity index (χ1) is 15.6. The van der Waals surface area contributed by atoms with Gasteiger partial charge in [-0.1, -0.05) is 13.8 Å². The minimum atomic E-state index is -1.45. The highest BCUT2D eigenvalue weighted by Gasteiger charge is 2.36. The van der Waals surface area contributed by atoms with E-state index in [9.17, 15) is 14.7 Å². The van der Waals surface area contributed by atoms with E-state index >= 15 is 0 Å². The molecular weight excluding hydrogens is 412 g/mol. The molecule has 1 unspecified atom stereocenters. The van der Waals surface area contributed by atoms with E-state index in [1.54, 1.807) is 10.6 Å². The van der Waals surface area contributed by atoms with Crippen molar-refractivity contribution in [2.75, 3.05) is 6.79 Å². The molecule has 8 heteroatoms. The Labute approximate surface area is 183 Å². The van der Waals surface area contributed by atoms with Crippen LogP contribution < -0.4 is 15.0 Å². The van der Waals surface area contributed by atoms with E-state index in [0.717, 1.165) is 52.7 Å². The summed E-state index contributed by atoms with van der Waals surface area (Å²) in [6, 6.07) is 3.62. The van der Waals surface area contributed by atoms with Gasteiger partial charge in [-0.3, -0.25) is 4.79 Å². The van der Waals surface area contributed by atoms with E-state index < -0.39 is 12.1 Å². The predicted molar refractivity (Wildman–Crippen MR) is 115 cm³/mol. The highest BCUT2D eigenvalue weighted by molar-refractivity contribution is 5.94. The number of fused-ring (bicyclic) bond motifs is 7. The van der Waals surface area contributed by atoms with Crippen molar-refractivity contribution in [1.82, 2.24) is 9.55 Å². The van der Waals surface area contributed by atoms with Gasteiger partial charge in [0.05, 0.1) is 29.0 Å². The maximum atomic E-state index is 13.2. The topological polar surface area (TPSA) is 99.9 Å². The molecule has 0 amide bonds. The van der Waals surface area contributed by atoms with Gasteiger partial charge in [0, 0.05) is 28.1 Å². The molecule has 0 spiro atoms. The van der Waals surface area contributed by atoms with E-state index in [1.165, 1.54) is 5.56 Å². The number of hydrogen-bond acceptors (Lipinski definition) is 7. The van der Waals surface area contributed by atoms with E-state index in [1.807, 2.05) is 19.9 Å². The maximum Gasteiger partial charge on any atom is 0.340 e. The molecule has 4 aliphatic rings. The van der Waals surface area contributed by atoms with Crippen LogP contribution in [0.25, 0.3) is 22.3 Å². The highest BCUT2D eigenvalue weighted by atomic mass is 16.7. The summed E-state index contributed by atoms with van der Waals surface area (Å²) < 4.78 is 18.0. The normalized spacial score (nSPS) is 19.0. The largest absolute Gasteiger partial charge is 0.458 e. The summed E-state index contributed by atoms with van der Waals surface area (Å²) in [6.45, 7) is 4.52. The van der Waals surface area contributed by atoms with Crippen LogP contribution in [0.2, 0.25) is 0 Å². The molecule has 1 atom stereocenters. The summed E-state index contributed by atoms with van der Waals surface area (Å²) >= 11 is 0. The molecule has 0 fully saturated rings. The van der Waals surface area contributed by atoms with Crippen molar-refractivity contribution in [3.8, 4) is 22.9 Å². The summed E-state index contributed by atoms with van der Waals surface area (Å²) in [7, 11) is 0. The van der Waals surface area contributed by atoms with Crippen molar-refractivity contribution in [3.05, 3.63) is 50.3 Å². The SMILES string of the molecule is CC.O=C1OCc2c(cc3n(c2=O)Cc2c-3nc3cc4c(c5c3c2CCC5)OCO4)C1O. The molecule has 7 rings (SSSR count). The van der Waals surface area contributed by atoms with Crippen molar-refractivity contribution >= 4 is 16.9 Å². The predicted octanol–water partition coefficient (Wildman–Crippen LogP) is 2.76. The quantitative estimate of drug-likeness (QED) is 0.425. The number of cyclic esters (lactones) is 1. The lowest BCUT2D eigenvalue weighted by atomic mass is 9.86. The third kappa shape index (κ3) is 2.38. The molecule has 164 valence electrons. The van der Waals surface area contributed by atoms with Crippen LogP contribution in [0, 0.1) is 0 Å². The van der Waals surface area contributed by atoms with E-state index in [-0.39, 0.29) is 19.0 Å². The van der Waals surface area contributed by atoms with Crippen LogP contribution in [0.15, 0.2) is 16.9 Å². The molecular formula is C24H22N2O6. The second-order valence-corrected chi connectivity index (χ2v) is 8.12. The van der Waals surface area contributed by atoms with Gasteiger partial charge < -0.3 is 23.9 Å². The lowest BCUT2D eigenvalue weighted by Crippen LogP contribution is -2.32. The standard InChI is InChI=1S/C22H16N2O6.C2H6/c25-19-11-4-15-18-12(6-24(15)21(26)13(11)7-28-22(19)27)9-2-1-3-10-17(9)14(23-18)5-16-20(10)30-8-29-16;1-2/h4-5,19,25H,1-3,6-8H2;1-2H3. The summed E-state index contributed by atoms with van der Waals surface area (Å²) in [4.78, 5) is 29.9. The van der Waals surface area contributed by atoms with Gasteiger partial charge in [-0.15, -0.1) is 0 Å². The Hall–Kier alpha value is -3.39. The second-order valence-electron chi connectivity index (χ2n) is 8.12. The average molecular weight is 434 g/mol. The summed E-state index contributed by atoms with van der Waals surface area (Å²) in [5, 5.41) is 11.4. The number of nitrogens with zero attached hydrogens (tertiary/aromatic N) is 2. The number of aryl methyl sites for hydroxylation is 2. The Morgan fingerprint density at radius 2 is 1.84 bits per heavy atom. The number of hydrogen-bond donors (Lipinski definition) is 1. The summed E-state index contributed by atoms with van der Waals surface area (Å²) in [6.07, 6.45) is 1.35. The minimum absolute atomic E-state index is 0.117. The average Bonchev–Trinajstić information content (AvgIpc) is 3.44. The Bertz CT molecular complexity index is 1390. The summed E-state index contributed by atoms with van der Waals surface area (Å²) in [5.74, 6) is 0.785. The number of carbonyl (C=O) groups excluding carboxylic acids is 1. The fourth-order valence-electron chi connectivity index (χ4n) is 5.30. The first-order valence-corrected chi connectivity index (χ1v) is 11.0. The molecule has 0 saturated heterocycles. The van der Waals surface area contributed by atoms with Gasteiger partial charge in [0.15, 0.2) is 17.6 Å². The third-order valence-electron chi connectivity index (χ3n) is 6.65. The minimum Gasteiger partial charge on any atom is -0.458 e. The van der Waals surface area contributed by atoms with Crippen molar-refractivity contribution in [3.63, 3.8) is 0 Å². The van der Waals surface area contributed by atoms with Gasteiger partial charge in [-0.25, -0.2) is 9.78 Å². The van der Waals surface area contributed by atoms with Crippen LogP contribution in [0.4, 0.5) is 0 Å². The van der Waals surface area contributed by atoms with Gasteiger partial charge in [-0.2, -0.15) is 0 Å².